The van der Waals surface area contributed by atoms with E-state index in [0.717, 1.165) is 12.0 Å². The zero-order valence-corrected chi connectivity index (χ0v) is 11.4. The number of halogens is 2. The Kier molecular flexibility index (Phi) is 6.56. The van der Waals surface area contributed by atoms with Gasteiger partial charge in [-0.1, -0.05) is 29.3 Å². The van der Waals surface area contributed by atoms with Gasteiger partial charge >= 0.3 is 0 Å². The van der Waals surface area contributed by atoms with Gasteiger partial charge in [0, 0.05) is 26.1 Å². The van der Waals surface area contributed by atoms with E-state index in [1.54, 1.807) is 12.1 Å². The Morgan fingerprint density at radius 3 is 2.71 bits per heavy atom. The highest BCUT2D eigenvalue weighted by atomic mass is 35.5. The van der Waals surface area contributed by atoms with Crippen molar-refractivity contribution < 1.29 is 9.53 Å². The topological polar surface area (TPSA) is 26.3 Å². The van der Waals surface area contributed by atoms with Crippen molar-refractivity contribution in [2.24, 2.45) is 0 Å². The minimum atomic E-state index is 0.197. The molecule has 1 rings (SSSR count). The van der Waals surface area contributed by atoms with Crippen LogP contribution in [0.5, 0.6) is 0 Å². The zero-order chi connectivity index (χ0) is 12.7. The summed E-state index contributed by atoms with van der Waals surface area (Å²) in [6.45, 7) is 3.28. The Bertz CT molecular complexity index is 378. The number of rotatable bonds is 7. The van der Waals surface area contributed by atoms with Crippen molar-refractivity contribution in [1.82, 2.24) is 0 Å². The van der Waals surface area contributed by atoms with Crippen LogP contribution in [-0.2, 0) is 16.0 Å². The number of hydrogen-bond donors (Lipinski definition) is 0. The highest BCUT2D eigenvalue weighted by Crippen LogP contribution is 2.23. The van der Waals surface area contributed by atoms with Crippen molar-refractivity contribution in [1.29, 1.82) is 0 Å². The molecule has 0 aromatic heterocycles. The fraction of sp³-hybridized carbons (Fsp3) is 0.462. The number of ketones is 1. The third kappa shape index (κ3) is 5.53. The van der Waals surface area contributed by atoms with E-state index in [4.69, 9.17) is 27.9 Å². The molecule has 0 aliphatic rings. The average Bonchev–Trinajstić information content (AvgIpc) is 2.30. The molecule has 0 aliphatic heterocycles. The van der Waals surface area contributed by atoms with Gasteiger partial charge in [0.15, 0.2) is 0 Å². The van der Waals surface area contributed by atoms with Gasteiger partial charge in [-0.05, 0) is 31.0 Å². The normalized spacial score (nSPS) is 10.5. The smallest absolute Gasteiger partial charge is 0.137 e. The first-order valence-corrected chi connectivity index (χ1v) is 6.42. The van der Waals surface area contributed by atoms with Gasteiger partial charge in [-0.25, -0.2) is 0 Å². The molecule has 0 amide bonds. The standard InChI is InChI=1S/C13H16Cl2O2/c1-2-17-7-3-4-11(16)8-10-5-6-12(14)13(15)9-10/h5-6,9H,2-4,7-8H2,1H3. The summed E-state index contributed by atoms with van der Waals surface area (Å²) in [7, 11) is 0. The predicted molar refractivity (Wildman–Crippen MR) is 70.9 cm³/mol. The highest BCUT2D eigenvalue weighted by molar-refractivity contribution is 6.42. The van der Waals surface area contributed by atoms with Crippen LogP contribution in [0.25, 0.3) is 0 Å². The molecule has 0 heterocycles. The molecule has 0 bridgehead atoms. The number of carbonyl (C=O) groups is 1. The number of carbonyl (C=O) groups excluding carboxylic acids is 1. The molecule has 0 saturated carbocycles. The lowest BCUT2D eigenvalue weighted by Crippen LogP contribution is -2.05. The van der Waals surface area contributed by atoms with Crippen LogP contribution in [0.15, 0.2) is 18.2 Å². The Balaban J connectivity index is 2.37. The van der Waals surface area contributed by atoms with E-state index in [-0.39, 0.29) is 5.78 Å². The van der Waals surface area contributed by atoms with Gasteiger partial charge in [0.2, 0.25) is 0 Å². The number of Topliss-reactive ketones (excluding diaryl/α,β-unsaturated/α-hetero) is 1. The van der Waals surface area contributed by atoms with Gasteiger partial charge in [-0.2, -0.15) is 0 Å². The Labute approximate surface area is 112 Å². The average molecular weight is 275 g/mol. The first-order valence-electron chi connectivity index (χ1n) is 5.67. The SMILES string of the molecule is CCOCCCC(=O)Cc1ccc(Cl)c(Cl)c1. The molecule has 1 aromatic rings. The van der Waals surface area contributed by atoms with Crippen LogP contribution in [0.3, 0.4) is 0 Å². The van der Waals surface area contributed by atoms with Gasteiger partial charge in [0.05, 0.1) is 10.0 Å². The van der Waals surface area contributed by atoms with E-state index in [1.165, 1.54) is 0 Å². The van der Waals surface area contributed by atoms with Crippen LogP contribution in [0.1, 0.15) is 25.3 Å². The first kappa shape index (κ1) is 14.5. The van der Waals surface area contributed by atoms with Gasteiger partial charge in [0.1, 0.15) is 5.78 Å². The molecule has 0 fully saturated rings. The summed E-state index contributed by atoms with van der Waals surface area (Å²) in [5, 5.41) is 1.01. The molecule has 0 spiro atoms. The summed E-state index contributed by atoms with van der Waals surface area (Å²) in [5.41, 5.74) is 0.904. The fourth-order valence-electron chi connectivity index (χ4n) is 1.48. The summed E-state index contributed by atoms with van der Waals surface area (Å²) in [4.78, 5) is 11.6. The summed E-state index contributed by atoms with van der Waals surface area (Å²) in [6.07, 6.45) is 1.72. The maximum absolute atomic E-state index is 11.6. The van der Waals surface area contributed by atoms with Crippen LogP contribution >= 0.6 is 23.2 Å². The quantitative estimate of drug-likeness (QED) is 0.705. The molecule has 1 aromatic carbocycles. The second-order valence-electron chi connectivity index (χ2n) is 3.76. The van der Waals surface area contributed by atoms with Crippen molar-refractivity contribution in [2.75, 3.05) is 13.2 Å². The molecule has 0 N–H and O–H groups in total. The van der Waals surface area contributed by atoms with Crippen LogP contribution in [0.2, 0.25) is 10.0 Å². The molecular formula is C13H16Cl2O2. The summed E-state index contributed by atoms with van der Waals surface area (Å²) >= 11 is 11.7. The van der Waals surface area contributed by atoms with E-state index in [1.807, 2.05) is 13.0 Å². The lowest BCUT2D eigenvalue weighted by Gasteiger charge is -2.03. The minimum Gasteiger partial charge on any atom is -0.382 e. The third-order valence-electron chi connectivity index (χ3n) is 2.33. The van der Waals surface area contributed by atoms with Gasteiger partial charge in [-0.3, -0.25) is 4.79 Å². The minimum absolute atomic E-state index is 0.197. The van der Waals surface area contributed by atoms with E-state index in [2.05, 4.69) is 0 Å². The fourth-order valence-corrected chi connectivity index (χ4v) is 1.80. The van der Waals surface area contributed by atoms with Crippen molar-refractivity contribution in [3.8, 4) is 0 Å². The molecule has 2 nitrogen and oxygen atoms in total. The maximum Gasteiger partial charge on any atom is 0.137 e. The second-order valence-corrected chi connectivity index (χ2v) is 4.58. The Morgan fingerprint density at radius 2 is 2.06 bits per heavy atom. The second kappa shape index (κ2) is 7.70. The van der Waals surface area contributed by atoms with Crippen molar-refractivity contribution in [3.63, 3.8) is 0 Å². The molecule has 4 heteroatoms. The number of hydrogen-bond acceptors (Lipinski definition) is 2. The van der Waals surface area contributed by atoms with E-state index < -0.39 is 0 Å². The van der Waals surface area contributed by atoms with E-state index in [9.17, 15) is 4.79 Å². The monoisotopic (exact) mass is 274 g/mol. The largest absolute Gasteiger partial charge is 0.382 e. The lowest BCUT2D eigenvalue weighted by molar-refractivity contribution is -0.118. The van der Waals surface area contributed by atoms with Crippen molar-refractivity contribution in [3.05, 3.63) is 33.8 Å². The molecule has 94 valence electrons. The molecule has 17 heavy (non-hydrogen) atoms. The predicted octanol–water partition coefficient (Wildman–Crippen LogP) is 3.92. The molecule has 0 unspecified atom stereocenters. The summed E-state index contributed by atoms with van der Waals surface area (Å²) < 4.78 is 5.18. The van der Waals surface area contributed by atoms with Crippen molar-refractivity contribution >= 4 is 29.0 Å². The Morgan fingerprint density at radius 1 is 1.29 bits per heavy atom. The number of benzene rings is 1. The third-order valence-corrected chi connectivity index (χ3v) is 3.07. The summed E-state index contributed by atoms with van der Waals surface area (Å²) in [6, 6.07) is 5.28. The van der Waals surface area contributed by atoms with Crippen LogP contribution in [0.4, 0.5) is 0 Å². The zero-order valence-electron chi connectivity index (χ0n) is 9.84. The molecule has 0 radical (unpaired) electrons. The summed E-state index contributed by atoms with van der Waals surface area (Å²) in [5.74, 6) is 0.197. The van der Waals surface area contributed by atoms with Crippen LogP contribution in [-0.4, -0.2) is 19.0 Å². The van der Waals surface area contributed by atoms with E-state index in [0.29, 0.717) is 36.1 Å². The molecule has 0 atom stereocenters. The Hall–Kier alpha value is -0.570. The van der Waals surface area contributed by atoms with Crippen molar-refractivity contribution in [2.45, 2.75) is 26.2 Å². The maximum atomic E-state index is 11.6. The lowest BCUT2D eigenvalue weighted by atomic mass is 10.1. The van der Waals surface area contributed by atoms with Gasteiger partial charge in [-0.15, -0.1) is 0 Å². The van der Waals surface area contributed by atoms with Crippen LogP contribution in [0, 0.1) is 0 Å². The highest BCUT2D eigenvalue weighted by Gasteiger charge is 2.05. The van der Waals surface area contributed by atoms with E-state index >= 15 is 0 Å². The molecule has 0 aliphatic carbocycles. The molecular weight excluding hydrogens is 259 g/mol. The first-order chi connectivity index (χ1) is 8.13. The van der Waals surface area contributed by atoms with Gasteiger partial charge < -0.3 is 4.74 Å². The molecule has 0 saturated heterocycles. The van der Waals surface area contributed by atoms with Crippen LogP contribution < -0.4 is 0 Å². The van der Waals surface area contributed by atoms with Gasteiger partial charge in [0.25, 0.3) is 0 Å². The number of ether oxygens (including phenoxy) is 1.